The third-order valence-electron chi connectivity index (χ3n) is 4.03. The predicted octanol–water partition coefficient (Wildman–Crippen LogP) is 2.35. The SMILES string of the molecule is CCOc1ccc(NC(=O)Cc2cccs2)cc1S(=O)(=O)N1CCOCC1. The molecule has 1 fully saturated rings. The lowest BCUT2D eigenvalue weighted by Gasteiger charge is -2.27. The normalized spacial score (nSPS) is 15.4. The van der Waals surface area contributed by atoms with Gasteiger partial charge in [0.15, 0.2) is 0 Å². The first-order chi connectivity index (χ1) is 13.0. The van der Waals surface area contributed by atoms with E-state index in [9.17, 15) is 13.2 Å². The Morgan fingerprint density at radius 1 is 1.30 bits per heavy atom. The van der Waals surface area contributed by atoms with Crippen molar-refractivity contribution in [3.05, 3.63) is 40.6 Å². The van der Waals surface area contributed by atoms with Gasteiger partial charge < -0.3 is 14.8 Å². The summed E-state index contributed by atoms with van der Waals surface area (Å²) in [6, 6.07) is 8.46. The van der Waals surface area contributed by atoms with Gasteiger partial charge in [-0.2, -0.15) is 4.31 Å². The van der Waals surface area contributed by atoms with Crippen molar-refractivity contribution < 1.29 is 22.7 Å². The number of anilines is 1. The lowest BCUT2D eigenvalue weighted by molar-refractivity contribution is -0.115. The average Bonchev–Trinajstić information content (AvgIpc) is 3.16. The summed E-state index contributed by atoms with van der Waals surface area (Å²) >= 11 is 1.50. The molecule has 1 N–H and O–H groups in total. The molecule has 2 aromatic rings. The molecule has 0 radical (unpaired) electrons. The van der Waals surface area contributed by atoms with Gasteiger partial charge in [0.2, 0.25) is 15.9 Å². The molecule has 0 unspecified atom stereocenters. The van der Waals surface area contributed by atoms with Crippen molar-refractivity contribution in [3.8, 4) is 5.75 Å². The summed E-state index contributed by atoms with van der Waals surface area (Å²) in [5.74, 6) is 0.0802. The third-order valence-corrected chi connectivity index (χ3v) is 6.83. The third kappa shape index (κ3) is 4.86. The Balaban J connectivity index is 1.84. The molecule has 7 nitrogen and oxygen atoms in total. The van der Waals surface area contributed by atoms with Crippen LogP contribution >= 0.6 is 11.3 Å². The van der Waals surface area contributed by atoms with Crippen LogP contribution in [0.2, 0.25) is 0 Å². The van der Waals surface area contributed by atoms with E-state index in [4.69, 9.17) is 9.47 Å². The zero-order valence-electron chi connectivity index (χ0n) is 15.0. The molecule has 1 amide bonds. The number of carbonyl (C=O) groups is 1. The highest BCUT2D eigenvalue weighted by Gasteiger charge is 2.29. The monoisotopic (exact) mass is 410 g/mol. The van der Waals surface area contributed by atoms with Crippen LogP contribution in [-0.4, -0.2) is 51.5 Å². The molecular formula is C18H22N2O5S2. The molecule has 1 aliphatic heterocycles. The van der Waals surface area contributed by atoms with Gasteiger partial charge >= 0.3 is 0 Å². The molecule has 146 valence electrons. The Morgan fingerprint density at radius 2 is 2.07 bits per heavy atom. The fraction of sp³-hybridized carbons (Fsp3) is 0.389. The minimum absolute atomic E-state index is 0.0557. The van der Waals surface area contributed by atoms with E-state index in [2.05, 4.69) is 5.32 Å². The minimum Gasteiger partial charge on any atom is -0.492 e. The quantitative estimate of drug-likeness (QED) is 0.757. The van der Waals surface area contributed by atoms with Gasteiger partial charge in [0, 0.05) is 23.7 Å². The van der Waals surface area contributed by atoms with Gasteiger partial charge in [-0.3, -0.25) is 4.79 Å². The molecule has 27 heavy (non-hydrogen) atoms. The van der Waals surface area contributed by atoms with Crippen molar-refractivity contribution in [2.24, 2.45) is 0 Å². The highest BCUT2D eigenvalue weighted by molar-refractivity contribution is 7.89. The van der Waals surface area contributed by atoms with Gasteiger partial charge in [0.25, 0.3) is 0 Å². The number of thiophene rings is 1. The summed E-state index contributed by atoms with van der Waals surface area (Å²) in [7, 11) is -3.74. The summed E-state index contributed by atoms with van der Waals surface area (Å²) in [5.41, 5.74) is 0.423. The number of nitrogens with one attached hydrogen (secondary N) is 1. The molecule has 0 saturated carbocycles. The van der Waals surface area contributed by atoms with Crippen molar-refractivity contribution in [3.63, 3.8) is 0 Å². The minimum atomic E-state index is -3.74. The van der Waals surface area contributed by atoms with Crippen molar-refractivity contribution in [1.82, 2.24) is 4.31 Å². The Morgan fingerprint density at radius 3 is 2.74 bits per heavy atom. The smallest absolute Gasteiger partial charge is 0.246 e. The van der Waals surface area contributed by atoms with E-state index in [0.717, 1.165) is 4.88 Å². The van der Waals surface area contributed by atoms with Gasteiger partial charge in [-0.15, -0.1) is 11.3 Å². The van der Waals surface area contributed by atoms with Crippen LogP contribution in [0.15, 0.2) is 40.6 Å². The Bertz CT molecular complexity index is 875. The maximum absolute atomic E-state index is 13.1. The lowest BCUT2D eigenvalue weighted by Crippen LogP contribution is -2.40. The van der Waals surface area contributed by atoms with Crippen LogP contribution < -0.4 is 10.1 Å². The van der Waals surface area contributed by atoms with Gasteiger partial charge in [0.1, 0.15) is 10.6 Å². The molecule has 1 aromatic carbocycles. The number of nitrogens with zero attached hydrogens (tertiary/aromatic N) is 1. The van der Waals surface area contributed by atoms with Gasteiger partial charge in [-0.1, -0.05) is 6.07 Å². The number of carbonyl (C=O) groups excluding carboxylic acids is 1. The predicted molar refractivity (Wildman–Crippen MR) is 104 cm³/mol. The number of rotatable bonds is 7. The summed E-state index contributed by atoms with van der Waals surface area (Å²) in [6.07, 6.45) is 0.246. The van der Waals surface area contributed by atoms with Crippen LogP contribution in [0.4, 0.5) is 5.69 Å². The maximum Gasteiger partial charge on any atom is 0.246 e. The molecule has 2 heterocycles. The van der Waals surface area contributed by atoms with E-state index in [-0.39, 0.29) is 23.0 Å². The zero-order valence-corrected chi connectivity index (χ0v) is 16.6. The largest absolute Gasteiger partial charge is 0.492 e. The number of ether oxygens (including phenoxy) is 2. The Hall–Kier alpha value is -1.94. The van der Waals surface area contributed by atoms with Crippen molar-refractivity contribution in [2.45, 2.75) is 18.2 Å². The van der Waals surface area contributed by atoms with E-state index in [1.54, 1.807) is 19.1 Å². The number of hydrogen-bond acceptors (Lipinski definition) is 6. The fourth-order valence-corrected chi connectivity index (χ4v) is 5.03. The molecule has 3 rings (SSSR count). The topological polar surface area (TPSA) is 84.9 Å². The number of hydrogen-bond donors (Lipinski definition) is 1. The second-order valence-corrected chi connectivity index (χ2v) is 8.85. The Kier molecular flexibility index (Phi) is 6.48. The molecule has 0 spiro atoms. The van der Waals surface area contributed by atoms with Crippen molar-refractivity contribution in [2.75, 3.05) is 38.2 Å². The van der Waals surface area contributed by atoms with E-state index >= 15 is 0 Å². The van der Waals surface area contributed by atoms with Crippen molar-refractivity contribution in [1.29, 1.82) is 0 Å². The molecule has 0 bridgehead atoms. The standard InChI is InChI=1S/C18H22N2O5S2/c1-2-25-16-6-5-14(19-18(21)13-15-4-3-11-26-15)12-17(16)27(22,23)20-7-9-24-10-8-20/h3-6,11-12H,2,7-10,13H2,1H3,(H,19,21). The van der Waals surface area contributed by atoms with E-state index in [1.165, 1.54) is 21.7 Å². The molecule has 1 saturated heterocycles. The molecule has 1 aromatic heterocycles. The number of amides is 1. The number of morpholine rings is 1. The van der Waals surface area contributed by atoms with E-state index in [1.807, 2.05) is 17.5 Å². The average molecular weight is 411 g/mol. The van der Waals surface area contributed by atoms with Crippen LogP contribution in [0.25, 0.3) is 0 Å². The van der Waals surface area contributed by atoms with Gasteiger partial charge in [0.05, 0.1) is 26.2 Å². The van der Waals surface area contributed by atoms with E-state index in [0.29, 0.717) is 38.6 Å². The molecule has 0 atom stereocenters. The second kappa shape index (κ2) is 8.83. The second-order valence-electron chi connectivity index (χ2n) is 5.92. The summed E-state index contributed by atoms with van der Waals surface area (Å²) in [6.45, 7) is 3.45. The van der Waals surface area contributed by atoms with Crippen LogP contribution in [0, 0.1) is 0 Å². The summed E-state index contributed by atoms with van der Waals surface area (Å²) < 4.78 is 38.2. The fourth-order valence-electron chi connectivity index (χ4n) is 2.76. The van der Waals surface area contributed by atoms with Crippen LogP contribution in [0.1, 0.15) is 11.8 Å². The number of sulfonamides is 1. The van der Waals surface area contributed by atoms with Crippen LogP contribution in [-0.2, 0) is 26.0 Å². The zero-order chi connectivity index (χ0) is 19.3. The first-order valence-corrected chi connectivity index (χ1v) is 11.0. The first kappa shape index (κ1) is 19.8. The van der Waals surface area contributed by atoms with Crippen LogP contribution in [0.3, 0.4) is 0 Å². The van der Waals surface area contributed by atoms with Gasteiger partial charge in [-0.25, -0.2) is 8.42 Å². The molecule has 9 heteroatoms. The lowest BCUT2D eigenvalue weighted by atomic mass is 10.2. The van der Waals surface area contributed by atoms with E-state index < -0.39 is 10.0 Å². The summed E-state index contributed by atoms with van der Waals surface area (Å²) in [5, 5.41) is 4.68. The highest BCUT2D eigenvalue weighted by Crippen LogP contribution is 2.30. The molecule has 1 aliphatic rings. The number of benzene rings is 1. The Labute approximate surface area is 163 Å². The van der Waals surface area contributed by atoms with Gasteiger partial charge in [-0.05, 0) is 36.6 Å². The summed E-state index contributed by atoms with van der Waals surface area (Å²) in [4.78, 5) is 13.2. The first-order valence-electron chi connectivity index (χ1n) is 8.67. The molecule has 0 aliphatic carbocycles. The highest BCUT2D eigenvalue weighted by atomic mass is 32.2. The molecular weight excluding hydrogens is 388 g/mol. The van der Waals surface area contributed by atoms with Crippen molar-refractivity contribution >= 4 is 33.0 Å². The maximum atomic E-state index is 13.1. The van der Waals surface area contributed by atoms with Crippen LogP contribution in [0.5, 0.6) is 5.75 Å².